The third-order valence-electron chi connectivity index (χ3n) is 3.78. The van der Waals surface area contributed by atoms with Crippen LogP contribution in [0.25, 0.3) is 5.69 Å². The van der Waals surface area contributed by atoms with Crippen LogP contribution in [-0.2, 0) is 12.7 Å². The summed E-state index contributed by atoms with van der Waals surface area (Å²) in [5, 5.41) is 2.74. The van der Waals surface area contributed by atoms with Gasteiger partial charge in [-0.2, -0.15) is 13.2 Å². The molecular formula is C18H14F3N3OS2. The number of rotatable bonds is 4. The van der Waals surface area contributed by atoms with Gasteiger partial charge in [-0.1, -0.05) is 47.7 Å². The van der Waals surface area contributed by atoms with Crippen LogP contribution in [-0.4, -0.2) is 10.5 Å². The summed E-state index contributed by atoms with van der Waals surface area (Å²) < 4.78 is 40.3. The van der Waals surface area contributed by atoms with Crippen LogP contribution in [0.2, 0.25) is 0 Å². The minimum absolute atomic E-state index is 0.00915. The van der Waals surface area contributed by atoms with Crippen LogP contribution in [0.3, 0.4) is 0 Å². The van der Waals surface area contributed by atoms with E-state index in [2.05, 4.69) is 5.32 Å². The van der Waals surface area contributed by atoms with E-state index in [4.69, 9.17) is 18.0 Å². The van der Waals surface area contributed by atoms with Gasteiger partial charge in [0.1, 0.15) is 10.7 Å². The van der Waals surface area contributed by atoms with Gasteiger partial charge in [0.15, 0.2) is 3.95 Å². The second-order valence-corrected chi connectivity index (χ2v) is 7.28. The topological polar surface area (TPSA) is 60.1 Å². The summed E-state index contributed by atoms with van der Waals surface area (Å²) in [5.41, 5.74) is 6.28. The predicted octanol–water partition coefficient (Wildman–Crippen LogP) is 4.80. The molecule has 3 aromatic rings. The fourth-order valence-electron chi connectivity index (χ4n) is 2.47. The summed E-state index contributed by atoms with van der Waals surface area (Å²) in [5.74, 6) is -0.423. The number of halogens is 3. The lowest BCUT2D eigenvalue weighted by molar-refractivity contribution is -0.137. The normalized spacial score (nSPS) is 11.4. The van der Waals surface area contributed by atoms with Crippen molar-refractivity contribution in [2.45, 2.75) is 12.7 Å². The SMILES string of the molecule is Nc1c(C(=O)NCc2ccccc2)sc(=S)n1-c1cccc(C(F)(F)F)c1. The molecule has 0 fully saturated rings. The van der Waals surface area contributed by atoms with Crippen LogP contribution in [0.15, 0.2) is 54.6 Å². The molecule has 0 aliphatic heterocycles. The number of amides is 1. The first-order valence-electron chi connectivity index (χ1n) is 7.78. The highest BCUT2D eigenvalue weighted by molar-refractivity contribution is 7.73. The summed E-state index contributed by atoms with van der Waals surface area (Å²) in [7, 11) is 0. The van der Waals surface area contributed by atoms with Crippen molar-refractivity contribution in [1.29, 1.82) is 0 Å². The van der Waals surface area contributed by atoms with Crippen LogP contribution in [0.5, 0.6) is 0 Å². The Morgan fingerprint density at radius 1 is 1.15 bits per heavy atom. The maximum absolute atomic E-state index is 13.0. The van der Waals surface area contributed by atoms with Crippen molar-refractivity contribution in [3.05, 3.63) is 74.6 Å². The molecule has 0 spiro atoms. The van der Waals surface area contributed by atoms with Crippen molar-refractivity contribution in [3.8, 4) is 5.69 Å². The molecule has 2 aromatic carbocycles. The average Bonchev–Trinajstić information content (AvgIpc) is 2.94. The maximum atomic E-state index is 13.0. The van der Waals surface area contributed by atoms with Gasteiger partial charge in [0.2, 0.25) is 0 Å². The average molecular weight is 409 g/mol. The molecule has 0 radical (unpaired) electrons. The molecule has 0 aliphatic rings. The van der Waals surface area contributed by atoms with Crippen molar-refractivity contribution < 1.29 is 18.0 Å². The molecule has 0 saturated carbocycles. The van der Waals surface area contributed by atoms with E-state index < -0.39 is 17.6 Å². The van der Waals surface area contributed by atoms with Crippen LogP contribution in [0.1, 0.15) is 20.8 Å². The molecule has 27 heavy (non-hydrogen) atoms. The van der Waals surface area contributed by atoms with Crippen LogP contribution < -0.4 is 11.1 Å². The van der Waals surface area contributed by atoms with Crippen molar-refractivity contribution in [3.63, 3.8) is 0 Å². The van der Waals surface area contributed by atoms with E-state index in [1.807, 2.05) is 30.3 Å². The van der Waals surface area contributed by atoms with Crippen molar-refractivity contribution in [2.24, 2.45) is 0 Å². The van der Waals surface area contributed by atoms with Crippen LogP contribution >= 0.6 is 23.6 Å². The van der Waals surface area contributed by atoms with Crippen molar-refractivity contribution in [2.75, 3.05) is 5.73 Å². The van der Waals surface area contributed by atoms with E-state index in [1.165, 1.54) is 16.7 Å². The monoisotopic (exact) mass is 409 g/mol. The smallest absolute Gasteiger partial charge is 0.383 e. The number of carbonyl (C=O) groups is 1. The number of hydrogen-bond donors (Lipinski definition) is 2. The summed E-state index contributed by atoms with van der Waals surface area (Å²) in [6.07, 6.45) is -4.49. The lowest BCUT2D eigenvalue weighted by Crippen LogP contribution is -2.23. The van der Waals surface area contributed by atoms with Gasteiger partial charge >= 0.3 is 6.18 Å². The molecular weight excluding hydrogens is 395 g/mol. The number of benzene rings is 2. The highest BCUT2D eigenvalue weighted by Gasteiger charge is 2.31. The van der Waals surface area contributed by atoms with Crippen LogP contribution in [0, 0.1) is 3.95 Å². The third-order valence-corrected chi connectivity index (χ3v) is 5.17. The first kappa shape index (κ1) is 19.1. The Bertz CT molecular complexity index is 1030. The Kier molecular flexibility index (Phi) is 5.33. The lowest BCUT2D eigenvalue weighted by Gasteiger charge is -2.11. The third kappa shape index (κ3) is 4.20. The molecule has 140 valence electrons. The molecule has 0 aliphatic carbocycles. The van der Waals surface area contributed by atoms with E-state index in [0.717, 1.165) is 29.0 Å². The molecule has 0 unspecified atom stereocenters. The van der Waals surface area contributed by atoms with E-state index in [1.54, 1.807) is 0 Å². The Hall–Kier alpha value is -2.65. The van der Waals surface area contributed by atoms with E-state index in [-0.39, 0.29) is 20.3 Å². The zero-order chi connectivity index (χ0) is 19.6. The number of nitrogens with one attached hydrogen (secondary N) is 1. The lowest BCUT2D eigenvalue weighted by atomic mass is 10.2. The quantitative estimate of drug-likeness (QED) is 0.609. The number of aromatic nitrogens is 1. The highest BCUT2D eigenvalue weighted by atomic mass is 32.1. The molecule has 1 amide bonds. The summed E-state index contributed by atoms with van der Waals surface area (Å²) >= 11 is 6.17. The first-order chi connectivity index (χ1) is 12.8. The van der Waals surface area contributed by atoms with Gasteiger partial charge in [0.05, 0.1) is 5.56 Å². The first-order valence-corrected chi connectivity index (χ1v) is 9.01. The molecule has 1 aromatic heterocycles. The number of nitrogens with two attached hydrogens (primary N) is 1. The molecule has 9 heteroatoms. The number of nitrogens with zero attached hydrogens (tertiary/aromatic N) is 1. The van der Waals surface area contributed by atoms with Gasteiger partial charge in [-0.15, -0.1) is 0 Å². The summed E-state index contributed by atoms with van der Waals surface area (Å²) in [6.45, 7) is 0.299. The Balaban J connectivity index is 1.89. The van der Waals surface area contributed by atoms with Gasteiger partial charge in [0, 0.05) is 12.2 Å². The van der Waals surface area contributed by atoms with E-state index in [0.29, 0.717) is 6.54 Å². The van der Waals surface area contributed by atoms with Gasteiger partial charge in [-0.3, -0.25) is 9.36 Å². The van der Waals surface area contributed by atoms with Gasteiger partial charge < -0.3 is 11.1 Å². The number of thiazole rings is 1. The Morgan fingerprint density at radius 3 is 2.52 bits per heavy atom. The molecule has 0 atom stereocenters. The summed E-state index contributed by atoms with van der Waals surface area (Å²) in [6, 6.07) is 13.9. The molecule has 0 bridgehead atoms. The number of carbonyl (C=O) groups excluding carboxylic acids is 1. The maximum Gasteiger partial charge on any atom is 0.416 e. The van der Waals surface area contributed by atoms with E-state index in [9.17, 15) is 18.0 Å². The molecule has 3 rings (SSSR count). The van der Waals surface area contributed by atoms with E-state index >= 15 is 0 Å². The largest absolute Gasteiger partial charge is 0.416 e. The van der Waals surface area contributed by atoms with Crippen molar-refractivity contribution >= 4 is 35.3 Å². The standard InChI is InChI=1S/C18H14F3N3OS2/c19-18(20,21)12-7-4-8-13(9-12)24-15(22)14(27-17(24)26)16(25)23-10-11-5-2-1-3-6-11/h1-9H,10,22H2,(H,23,25). The van der Waals surface area contributed by atoms with Crippen LogP contribution in [0.4, 0.5) is 19.0 Å². The number of anilines is 1. The highest BCUT2D eigenvalue weighted by Crippen LogP contribution is 2.32. The minimum Gasteiger partial charge on any atom is -0.383 e. The zero-order valence-electron chi connectivity index (χ0n) is 13.8. The number of nitrogen functional groups attached to an aromatic ring is 1. The Morgan fingerprint density at radius 2 is 1.85 bits per heavy atom. The molecule has 4 nitrogen and oxygen atoms in total. The fourth-order valence-corrected chi connectivity index (χ4v) is 3.76. The second-order valence-electron chi connectivity index (χ2n) is 5.63. The molecule has 0 saturated heterocycles. The van der Waals surface area contributed by atoms with Gasteiger partial charge in [-0.05, 0) is 36.0 Å². The number of hydrogen-bond acceptors (Lipinski definition) is 4. The molecule has 3 N–H and O–H groups in total. The fraction of sp³-hybridized carbons (Fsp3) is 0.111. The minimum atomic E-state index is -4.49. The summed E-state index contributed by atoms with van der Waals surface area (Å²) in [4.78, 5) is 12.6. The van der Waals surface area contributed by atoms with Gasteiger partial charge in [0.25, 0.3) is 5.91 Å². The van der Waals surface area contributed by atoms with Gasteiger partial charge in [-0.25, -0.2) is 0 Å². The zero-order valence-corrected chi connectivity index (χ0v) is 15.4. The Labute approximate surface area is 162 Å². The molecule has 1 heterocycles. The van der Waals surface area contributed by atoms with Crippen molar-refractivity contribution in [1.82, 2.24) is 9.88 Å². The predicted molar refractivity (Wildman–Crippen MR) is 102 cm³/mol. The number of alkyl halides is 3. The second kappa shape index (κ2) is 7.53.